The zero-order chi connectivity index (χ0) is 18.9. The van der Waals surface area contributed by atoms with E-state index in [2.05, 4.69) is 4.99 Å². The molecule has 0 spiro atoms. The Kier molecular flexibility index (Phi) is 4.33. The van der Waals surface area contributed by atoms with Gasteiger partial charge in [-0.1, -0.05) is 36.4 Å². The molecule has 4 aromatic rings. The number of halogens is 1. The van der Waals surface area contributed by atoms with Gasteiger partial charge in [0.25, 0.3) is 0 Å². The van der Waals surface area contributed by atoms with Gasteiger partial charge in [-0.2, -0.15) is 0 Å². The first-order valence-electron chi connectivity index (χ1n) is 8.17. The molecule has 6 heteroatoms. The molecule has 27 heavy (non-hydrogen) atoms. The molecule has 0 saturated heterocycles. The Hall–Kier alpha value is -3.25. The fourth-order valence-electron chi connectivity index (χ4n) is 2.68. The molecule has 0 atom stereocenters. The summed E-state index contributed by atoms with van der Waals surface area (Å²) in [5, 5.41) is 0.644. The summed E-state index contributed by atoms with van der Waals surface area (Å²) in [6.07, 6.45) is 0. The van der Waals surface area contributed by atoms with Gasteiger partial charge in [0.15, 0.2) is 0 Å². The lowest BCUT2D eigenvalue weighted by molar-refractivity contribution is 0.517. The number of sulfone groups is 1. The first-order valence-corrected chi connectivity index (χ1v) is 9.66. The normalized spacial score (nSPS) is 12.4. The smallest absolute Gasteiger partial charge is 0.239 e. The van der Waals surface area contributed by atoms with Gasteiger partial charge in [-0.05, 0) is 48.5 Å². The average Bonchev–Trinajstić information content (AvgIpc) is 2.70. The van der Waals surface area contributed by atoms with Gasteiger partial charge >= 0.3 is 0 Å². The number of para-hydroxylation sites is 1. The van der Waals surface area contributed by atoms with Crippen LogP contribution in [0.15, 0.2) is 104 Å². The van der Waals surface area contributed by atoms with Crippen LogP contribution in [-0.2, 0) is 9.84 Å². The highest BCUT2D eigenvalue weighted by Gasteiger charge is 2.22. The van der Waals surface area contributed by atoms with E-state index in [1.54, 1.807) is 48.5 Å². The molecule has 4 nitrogen and oxygen atoms in total. The summed E-state index contributed by atoms with van der Waals surface area (Å²) < 4.78 is 45.3. The van der Waals surface area contributed by atoms with Crippen molar-refractivity contribution in [3.63, 3.8) is 0 Å². The van der Waals surface area contributed by atoms with E-state index >= 15 is 0 Å². The Morgan fingerprint density at radius 1 is 0.815 bits per heavy atom. The maximum absolute atomic E-state index is 13.2. The first-order chi connectivity index (χ1) is 13.0. The van der Waals surface area contributed by atoms with Gasteiger partial charge in [0.1, 0.15) is 16.3 Å². The van der Waals surface area contributed by atoms with Gasteiger partial charge in [-0.15, -0.1) is 0 Å². The van der Waals surface area contributed by atoms with E-state index in [0.29, 0.717) is 16.7 Å². The maximum Gasteiger partial charge on any atom is 0.239 e. The summed E-state index contributed by atoms with van der Waals surface area (Å²) in [6.45, 7) is 0. The fraction of sp³-hybridized carbons (Fsp3) is 0. The Balaban J connectivity index is 2.02. The number of benzene rings is 3. The van der Waals surface area contributed by atoms with E-state index in [1.807, 2.05) is 0 Å². The highest BCUT2D eigenvalue weighted by molar-refractivity contribution is 7.91. The molecule has 0 saturated carbocycles. The van der Waals surface area contributed by atoms with Crippen LogP contribution in [0.3, 0.4) is 0 Å². The predicted molar refractivity (Wildman–Crippen MR) is 99.7 cm³/mol. The molecule has 3 aromatic carbocycles. The van der Waals surface area contributed by atoms with E-state index in [1.165, 1.54) is 36.4 Å². The van der Waals surface area contributed by atoms with Crippen LogP contribution in [0, 0.1) is 5.82 Å². The maximum atomic E-state index is 13.2. The van der Waals surface area contributed by atoms with Crippen LogP contribution < -0.4 is 5.55 Å². The lowest BCUT2D eigenvalue weighted by atomic mass is 10.2. The van der Waals surface area contributed by atoms with Crippen molar-refractivity contribution in [2.45, 2.75) is 9.79 Å². The largest absolute Gasteiger partial charge is 0.437 e. The van der Waals surface area contributed by atoms with Crippen molar-refractivity contribution in [1.82, 2.24) is 0 Å². The minimum Gasteiger partial charge on any atom is -0.437 e. The molecule has 1 aromatic heterocycles. The molecule has 0 amide bonds. The van der Waals surface area contributed by atoms with Crippen LogP contribution in [-0.4, -0.2) is 8.42 Å². The fourth-order valence-corrected chi connectivity index (χ4v) is 4.05. The highest BCUT2D eigenvalue weighted by atomic mass is 32.2. The molecule has 0 aliphatic rings. The van der Waals surface area contributed by atoms with E-state index < -0.39 is 15.7 Å². The standard InChI is InChI=1S/C21H14FNO3S/c22-16-10-12-17(13-11-16)23-21-20(14-15-6-4-5-9-19(15)26-21)27(24,25)18-7-2-1-3-8-18/h1-14H. The van der Waals surface area contributed by atoms with Crippen LogP contribution in [0.25, 0.3) is 11.0 Å². The molecule has 134 valence electrons. The molecule has 4 rings (SSSR count). The minimum absolute atomic E-state index is 0.0447. The van der Waals surface area contributed by atoms with Gasteiger partial charge < -0.3 is 4.42 Å². The van der Waals surface area contributed by atoms with Crippen LogP contribution in [0.4, 0.5) is 10.1 Å². The summed E-state index contributed by atoms with van der Waals surface area (Å²) in [4.78, 5) is 4.41. The molecule has 0 unspecified atom stereocenters. The highest BCUT2D eigenvalue weighted by Crippen LogP contribution is 2.22. The molecule has 1 heterocycles. The minimum atomic E-state index is -3.85. The number of hydrogen-bond acceptors (Lipinski definition) is 4. The molecule has 0 aliphatic heterocycles. The van der Waals surface area contributed by atoms with Gasteiger partial charge in [-0.3, -0.25) is 0 Å². The van der Waals surface area contributed by atoms with E-state index in [4.69, 9.17) is 4.42 Å². The van der Waals surface area contributed by atoms with Crippen molar-refractivity contribution in [3.8, 4) is 0 Å². The molecule has 0 aliphatic carbocycles. The monoisotopic (exact) mass is 379 g/mol. The van der Waals surface area contributed by atoms with Crippen LogP contribution in [0.2, 0.25) is 0 Å². The van der Waals surface area contributed by atoms with Crippen molar-refractivity contribution in [3.05, 3.63) is 96.3 Å². The van der Waals surface area contributed by atoms with Gasteiger partial charge in [0, 0.05) is 5.39 Å². The Morgan fingerprint density at radius 3 is 2.22 bits per heavy atom. The number of hydrogen-bond donors (Lipinski definition) is 0. The van der Waals surface area contributed by atoms with Gasteiger partial charge in [-0.25, -0.2) is 17.8 Å². The Morgan fingerprint density at radius 2 is 1.48 bits per heavy atom. The molecule has 0 fully saturated rings. The van der Waals surface area contributed by atoms with E-state index in [9.17, 15) is 12.8 Å². The Labute approximate surface area is 155 Å². The van der Waals surface area contributed by atoms with Crippen LogP contribution in [0.5, 0.6) is 0 Å². The first kappa shape index (κ1) is 17.2. The topological polar surface area (TPSA) is 59.6 Å². The van der Waals surface area contributed by atoms with Gasteiger partial charge in [0.2, 0.25) is 15.4 Å². The quantitative estimate of drug-likeness (QED) is 0.521. The number of fused-ring (bicyclic) bond motifs is 1. The lowest BCUT2D eigenvalue weighted by Gasteiger charge is -2.07. The molecular weight excluding hydrogens is 365 g/mol. The van der Waals surface area contributed by atoms with Crippen molar-refractivity contribution in [2.75, 3.05) is 0 Å². The second-order valence-corrected chi connectivity index (χ2v) is 7.78. The second-order valence-electron chi connectivity index (χ2n) is 5.86. The number of rotatable bonds is 3. The third kappa shape index (κ3) is 3.39. The second kappa shape index (κ2) is 6.81. The number of nitrogens with zero attached hydrogens (tertiary/aromatic N) is 1. The predicted octanol–water partition coefficient (Wildman–Crippen LogP) is 4.64. The van der Waals surface area contributed by atoms with Crippen LogP contribution in [0.1, 0.15) is 0 Å². The third-order valence-electron chi connectivity index (χ3n) is 4.02. The van der Waals surface area contributed by atoms with Crippen LogP contribution >= 0.6 is 0 Å². The molecule has 0 bridgehead atoms. The van der Waals surface area contributed by atoms with Gasteiger partial charge in [0.05, 0.1) is 10.6 Å². The zero-order valence-electron chi connectivity index (χ0n) is 14.0. The third-order valence-corrected chi connectivity index (χ3v) is 5.79. The van der Waals surface area contributed by atoms with Crippen molar-refractivity contribution >= 4 is 26.5 Å². The summed E-state index contributed by atoms with van der Waals surface area (Å²) >= 11 is 0. The van der Waals surface area contributed by atoms with Crippen molar-refractivity contribution < 1.29 is 17.2 Å². The molecular formula is C21H14FNO3S. The SMILES string of the molecule is O=S(=O)(c1ccccc1)c1cc2ccccc2oc1=Nc1ccc(F)cc1. The lowest BCUT2D eigenvalue weighted by Crippen LogP contribution is -2.15. The van der Waals surface area contributed by atoms with E-state index in [-0.39, 0.29) is 15.3 Å². The zero-order valence-corrected chi connectivity index (χ0v) is 14.9. The summed E-state index contributed by atoms with van der Waals surface area (Å²) in [6, 6.07) is 22.2. The molecule has 0 N–H and O–H groups in total. The summed E-state index contributed by atoms with van der Waals surface area (Å²) in [7, 11) is -3.85. The summed E-state index contributed by atoms with van der Waals surface area (Å²) in [5.74, 6) is -0.401. The summed E-state index contributed by atoms with van der Waals surface area (Å²) in [5.41, 5.74) is 0.842. The Bertz CT molecular complexity index is 1280. The average molecular weight is 379 g/mol. The van der Waals surface area contributed by atoms with E-state index in [0.717, 1.165) is 0 Å². The van der Waals surface area contributed by atoms with Crippen molar-refractivity contribution in [2.24, 2.45) is 4.99 Å². The van der Waals surface area contributed by atoms with Crippen molar-refractivity contribution in [1.29, 1.82) is 0 Å². The molecule has 0 radical (unpaired) electrons.